The fourth-order valence-electron chi connectivity index (χ4n) is 3.07. The van der Waals surface area contributed by atoms with E-state index in [1.54, 1.807) is 0 Å². The van der Waals surface area contributed by atoms with Crippen LogP contribution in [-0.4, -0.2) is 36.6 Å². The van der Waals surface area contributed by atoms with Crippen molar-refractivity contribution >= 4 is 50.5 Å². The first-order valence-electron chi connectivity index (χ1n) is 8.69. The predicted octanol–water partition coefficient (Wildman–Crippen LogP) is 3.94. The molecule has 0 bridgehead atoms. The Bertz CT molecular complexity index is 1040. The van der Waals surface area contributed by atoms with E-state index in [-0.39, 0.29) is 40.3 Å². The lowest BCUT2D eigenvalue weighted by Gasteiger charge is -2.30. The lowest BCUT2D eigenvalue weighted by atomic mass is 9.97. The number of sulfonamides is 1. The maximum Gasteiger partial charge on any atom is 0.271 e. The quantitative estimate of drug-likeness (QED) is 0.539. The van der Waals surface area contributed by atoms with E-state index < -0.39 is 20.9 Å². The molecule has 3 rings (SSSR count). The number of non-ortho nitro benzene ring substituents is 1. The van der Waals surface area contributed by atoms with Crippen LogP contribution in [0.4, 0.5) is 11.4 Å². The zero-order chi connectivity index (χ0) is 21.2. The van der Waals surface area contributed by atoms with Gasteiger partial charge in [-0.05, 0) is 43.2 Å². The van der Waals surface area contributed by atoms with Gasteiger partial charge in [0.1, 0.15) is 0 Å². The second kappa shape index (κ2) is 8.66. The number of carbonyl (C=O) groups is 1. The summed E-state index contributed by atoms with van der Waals surface area (Å²) in [5.41, 5.74) is -0.0318. The molecule has 1 aliphatic heterocycles. The van der Waals surface area contributed by atoms with Gasteiger partial charge in [0.15, 0.2) is 0 Å². The van der Waals surface area contributed by atoms with Crippen LogP contribution in [0.25, 0.3) is 0 Å². The zero-order valence-corrected chi connectivity index (χ0v) is 17.4. The number of hydrogen-bond acceptors (Lipinski definition) is 5. The third-order valence-corrected chi connectivity index (χ3v) is 7.19. The number of benzene rings is 2. The Balaban J connectivity index is 1.65. The molecule has 11 heteroatoms. The van der Waals surface area contributed by atoms with Gasteiger partial charge in [-0.15, -0.1) is 0 Å². The largest absolute Gasteiger partial charge is 0.324 e. The molecule has 154 valence electrons. The Morgan fingerprint density at radius 3 is 2.31 bits per heavy atom. The monoisotopic (exact) mass is 457 g/mol. The highest BCUT2D eigenvalue weighted by Crippen LogP contribution is 2.29. The van der Waals surface area contributed by atoms with Crippen molar-refractivity contribution < 1.29 is 18.1 Å². The van der Waals surface area contributed by atoms with Crippen LogP contribution in [0.15, 0.2) is 47.4 Å². The van der Waals surface area contributed by atoms with Crippen LogP contribution in [0.3, 0.4) is 0 Å². The van der Waals surface area contributed by atoms with Crippen molar-refractivity contribution in [2.75, 3.05) is 18.4 Å². The molecule has 2 aromatic rings. The van der Waals surface area contributed by atoms with Gasteiger partial charge in [0.25, 0.3) is 5.69 Å². The Morgan fingerprint density at radius 1 is 1.10 bits per heavy atom. The van der Waals surface area contributed by atoms with Crippen molar-refractivity contribution in [3.8, 4) is 0 Å². The molecule has 0 radical (unpaired) electrons. The third-order valence-electron chi connectivity index (χ3n) is 4.69. The molecule has 0 saturated carbocycles. The fourth-order valence-corrected chi connectivity index (χ4v) is 4.83. The number of carbonyl (C=O) groups excluding carboxylic acids is 1. The second-order valence-corrected chi connectivity index (χ2v) is 9.32. The summed E-state index contributed by atoms with van der Waals surface area (Å²) in [6.45, 7) is 0.372. The summed E-state index contributed by atoms with van der Waals surface area (Å²) >= 11 is 11.8. The average Bonchev–Trinajstić information content (AvgIpc) is 2.70. The van der Waals surface area contributed by atoms with Crippen LogP contribution < -0.4 is 5.32 Å². The topological polar surface area (TPSA) is 110 Å². The highest BCUT2D eigenvalue weighted by molar-refractivity contribution is 7.89. The van der Waals surface area contributed by atoms with Crippen molar-refractivity contribution in [2.24, 2.45) is 5.92 Å². The molecule has 0 aromatic heterocycles. The summed E-state index contributed by atoms with van der Waals surface area (Å²) in [7, 11) is -3.66. The van der Waals surface area contributed by atoms with Crippen LogP contribution in [0.2, 0.25) is 10.0 Å². The molecular formula is C18H17Cl2N3O5S. The van der Waals surface area contributed by atoms with Gasteiger partial charge in [-0.1, -0.05) is 23.2 Å². The minimum Gasteiger partial charge on any atom is -0.324 e. The molecule has 2 aromatic carbocycles. The minimum atomic E-state index is -3.66. The lowest BCUT2D eigenvalue weighted by molar-refractivity contribution is -0.384. The van der Waals surface area contributed by atoms with Crippen molar-refractivity contribution in [3.63, 3.8) is 0 Å². The number of nitro groups is 1. The maximum absolute atomic E-state index is 12.7. The third kappa shape index (κ3) is 4.87. The SMILES string of the molecule is O=C(Nc1cc([N+](=O)[O-])ccc1Cl)C1CCN(S(=O)(=O)c2ccc(Cl)cc2)CC1. The first-order chi connectivity index (χ1) is 13.7. The Hall–Kier alpha value is -2.20. The number of amides is 1. The second-order valence-electron chi connectivity index (χ2n) is 6.54. The predicted molar refractivity (Wildman–Crippen MR) is 110 cm³/mol. The van der Waals surface area contributed by atoms with Gasteiger partial charge >= 0.3 is 0 Å². The van der Waals surface area contributed by atoms with Gasteiger partial charge in [0.2, 0.25) is 15.9 Å². The molecule has 0 spiro atoms. The number of nitrogens with zero attached hydrogens (tertiary/aromatic N) is 2. The minimum absolute atomic E-state index is 0.146. The molecule has 1 saturated heterocycles. The van der Waals surface area contributed by atoms with Crippen LogP contribution in [0.5, 0.6) is 0 Å². The van der Waals surface area contributed by atoms with E-state index in [0.717, 1.165) is 0 Å². The number of piperidine rings is 1. The van der Waals surface area contributed by atoms with E-state index in [1.807, 2.05) is 0 Å². The van der Waals surface area contributed by atoms with Crippen molar-refractivity contribution in [1.82, 2.24) is 4.31 Å². The number of hydrogen-bond donors (Lipinski definition) is 1. The van der Waals surface area contributed by atoms with Crippen LogP contribution in [-0.2, 0) is 14.8 Å². The molecule has 0 atom stereocenters. The van der Waals surface area contributed by atoms with Gasteiger partial charge < -0.3 is 5.32 Å². The van der Waals surface area contributed by atoms with Crippen LogP contribution >= 0.6 is 23.2 Å². The highest BCUT2D eigenvalue weighted by Gasteiger charge is 2.32. The summed E-state index contributed by atoms with van der Waals surface area (Å²) in [4.78, 5) is 23.0. The first kappa shape index (κ1) is 21.5. The number of halogens is 2. The van der Waals surface area contributed by atoms with Crippen LogP contribution in [0, 0.1) is 16.0 Å². The molecule has 29 heavy (non-hydrogen) atoms. The van der Waals surface area contributed by atoms with Crippen molar-refractivity contribution in [1.29, 1.82) is 0 Å². The number of anilines is 1. The maximum atomic E-state index is 12.7. The Labute approximate surface area is 177 Å². The van der Waals surface area contributed by atoms with Gasteiger partial charge in [-0.25, -0.2) is 8.42 Å². The fraction of sp³-hybridized carbons (Fsp3) is 0.278. The molecule has 0 unspecified atom stereocenters. The van der Waals surface area contributed by atoms with Gasteiger partial charge in [0, 0.05) is 36.2 Å². The summed E-state index contributed by atoms with van der Waals surface area (Å²) in [5, 5.41) is 14.1. The normalized spacial score (nSPS) is 15.8. The molecular weight excluding hydrogens is 441 g/mol. The summed E-state index contributed by atoms with van der Waals surface area (Å²) in [6, 6.07) is 9.70. The average molecular weight is 458 g/mol. The molecule has 0 aliphatic carbocycles. The Morgan fingerprint density at radius 2 is 1.72 bits per heavy atom. The van der Waals surface area contributed by atoms with Crippen molar-refractivity contribution in [3.05, 3.63) is 62.6 Å². The van der Waals surface area contributed by atoms with E-state index in [4.69, 9.17) is 23.2 Å². The van der Waals surface area contributed by atoms with E-state index in [9.17, 15) is 23.3 Å². The van der Waals surface area contributed by atoms with Crippen molar-refractivity contribution in [2.45, 2.75) is 17.7 Å². The van der Waals surface area contributed by atoms with Gasteiger partial charge in [-0.3, -0.25) is 14.9 Å². The molecule has 1 N–H and O–H groups in total. The number of rotatable bonds is 5. The summed E-state index contributed by atoms with van der Waals surface area (Å²) in [6.07, 6.45) is 0.649. The lowest BCUT2D eigenvalue weighted by Crippen LogP contribution is -2.41. The number of nitrogens with one attached hydrogen (secondary N) is 1. The van der Waals surface area contributed by atoms with Gasteiger partial charge in [0.05, 0.1) is 20.5 Å². The smallest absolute Gasteiger partial charge is 0.271 e. The zero-order valence-electron chi connectivity index (χ0n) is 15.0. The Kier molecular flexibility index (Phi) is 6.42. The first-order valence-corrected chi connectivity index (χ1v) is 10.9. The van der Waals surface area contributed by atoms with E-state index in [1.165, 1.54) is 46.8 Å². The molecule has 8 nitrogen and oxygen atoms in total. The highest BCUT2D eigenvalue weighted by atomic mass is 35.5. The van der Waals surface area contributed by atoms with E-state index in [0.29, 0.717) is 17.9 Å². The molecule has 1 heterocycles. The summed E-state index contributed by atoms with van der Waals surface area (Å²) in [5.74, 6) is -0.780. The van der Waals surface area contributed by atoms with Gasteiger partial charge in [-0.2, -0.15) is 4.31 Å². The van der Waals surface area contributed by atoms with E-state index >= 15 is 0 Å². The molecule has 1 fully saturated rings. The summed E-state index contributed by atoms with van der Waals surface area (Å²) < 4.78 is 26.8. The van der Waals surface area contributed by atoms with Crippen LogP contribution in [0.1, 0.15) is 12.8 Å². The molecule has 1 amide bonds. The van der Waals surface area contributed by atoms with E-state index in [2.05, 4.69) is 5.32 Å². The standard InChI is InChI=1S/C18H17Cl2N3O5S/c19-13-1-4-15(5-2-13)29(27,28)22-9-7-12(8-10-22)18(24)21-17-11-14(23(25)26)3-6-16(17)20/h1-6,11-12H,7-10H2,(H,21,24). The number of nitro benzene ring substituents is 1. The molecule has 1 aliphatic rings.